The first kappa shape index (κ1) is 32.5. The van der Waals surface area contributed by atoms with Crippen LogP contribution in [-0.2, 0) is 16.0 Å². The fraction of sp³-hybridized carbons (Fsp3) is 0.526. The van der Waals surface area contributed by atoms with Crippen molar-refractivity contribution in [2.75, 3.05) is 31.6 Å². The average molecular weight is 659 g/mol. The van der Waals surface area contributed by atoms with Crippen molar-refractivity contribution in [2.45, 2.75) is 90.8 Å². The van der Waals surface area contributed by atoms with Gasteiger partial charge in [0, 0.05) is 60.8 Å². The van der Waals surface area contributed by atoms with Gasteiger partial charge in [0.1, 0.15) is 17.9 Å². The number of carbonyl (C=O) groups is 2. The predicted octanol–water partition coefficient (Wildman–Crippen LogP) is 7.45. The van der Waals surface area contributed by atoms with Gasteiger partial charge in [-0.05, 0) is 74.3 Å². The van der Waals surface area contributed by atoms with Crippen LogP contribution < -0.4 is 10.6 Å². The normalized spacial score (nSPS) is 22.5. The first-order chi connectivity index (χ1) is 22.9. The van der Waals surface area contributed by atoms with E-state index in [2.05, 4.69) is 40.7 Å². The van der Waals surface area contributed by atoms with Crippen LogP contribution in [0, 0.1) is 18.3 Å². The van der Waals surface area contributed by atoms with Gasteiger partial charge in [-0.2, -0.15) is 0 Å². The van der Waals surface area contributed by atoms with Crippen LogP contribution >= 0.6 is 0 Å². The van der Waals surface area contributed by atoms with E-state index in [-0.39, 0.29) is 18.9 Å². The summed E-state index contributed by atoms with van der Waals surface area (Å²) in [5, 5.41) is 2.10. The van der Waals surface area contributed by atoms with Gasteiger partial charge in [-0.3, -0.25) is 4.79 Å². The lowest BCUT2D eigenvalue weighted by molar-refractivity contribution is -0.0570. The lowest BCUT2D eigenvalue weighted by Crippen LogP contribution is -2.61. The first-order valence-corrected chi connectivity index (χ1v) is 17.3. The topological polar surface area (TPSA) is 103 Å². The number of methoxy groups -OCH3 is 1. The van der Waals surface area contributed by atoms with Gasteiger partial charge in [-0.25, -0.2) is 9.18 Å². The Hall–Kier alpha value is -4.05. The molecule has 4 heterocycles. The van der Waals surface area contributed by atoms with Crippen molar-refractivity contribution in [3.8, 4) is 11.5 Å². The Labute approximate surface area is 281 Å². The van der Waals surface area contributed by atoms with Crippen LogP contribution in [0.4, 0.5) is 14.9 Å². The summed E-state index contributed by atoms with van der Waals surface area (Å²) in [7, 11) is 1.80. The fourth-order valence-electron chi connectivity index (χ4n) is 7.98. The summed E-state index contributed by atoms with van der Waals surface area (Å²) in [4.78, 5) is 29.7. The molecular weight excluding hydrogens is 611 g/mol. The number of nitrogens with zero attached hydrogens (tertiary/aromatic N) is 3. The molecule has 2 saturated heterocycles. The zero-order valence-electron chi connectivity index (χ0n) is 28.6. The van der Waals surface area contributed by atoms with Crippen LogP contribution in [0.25, 0.3) is 33.3 Å². The van der Waals surface area contributed by atoms with E-state index in [4.69, 9.17) is 19.6 Å². The summed E-state index contributed by atoms with van der Waals surface area (Å²) < 4.78 is 35.0. The number of hydrogen-bond donors (Lipinski definition) is 1. The number of aromatic nitrogens is 1. The molecule has 4 aromatic rings. The standard InChI is InChI=1S/C38H47FN4O5/c1-22-29-11-9-25(36(44)43-21-26(39)18-33(48-37(40)45)35(43)38(2,3)4)17-32(29)47-34(22)31-16-24-8-10-27(41-14-12-28(46-5)13-15-41)19-30(24)42(31)20-23-6-7-23/h8-11,16-17,19,23,26,28,33,35H,6-7,12-15,18,20-21H2,1-5H3,(H2,40,45)/t26-,33-,35?/m1/s1. The van der Waals surface area contributed by atoms with E-state index in [1.54, 1.807) is 19.2 Å². The molecule has 2 aromatic carbocycles. The van der Waals surface area contributed by atoms with Gasteiger partial charge in [-0.15, -0.1) is 0 Å². The molecule has 0 radical (unpaired) electrons. The summed E-state index contributed by atoms with van der Waals surface area (Å²) in [5.41, 5.74) is 10.3. The van der Waals surface area contributed by atoms with Crippen LogP contribution in [0.2, 0.25) is 0 Å². The molecule has 1 saturated carbocycles. The number of fused-ring (bicyclic) bond motifs is 2. The maximum atomic E-state index is 15.0. The number of amides is 2. The number of primary amides is 1. The molecule has 2 N–H and O–H groups in total. The van der Waals surface area contributed by atoms with Crippen LogP contribution in [0.1, 0.15) is 68.8 Å². The SMILES string of the molecule is COC1CCN(c2ccc3cc(-c4oc5cc(C(=O)N6C[C@H](F)C[C@@H](OC(N)=O)C6C(C)(C)C)ccc5c4C)n(CC4CC4)c3c2)CC1. The number of aryl methyl sites for hydroxylation is 1. The molecule has 9 nitrogen and oxygen atoms in total. The number of piperidine rings is 2. The molecule has 3 atom stereocenters. The summed E-state index contributed by atoms with van der Waals surface area (Å²) in [5.74, 6) is 1.10. The molecule has 3 aliphatic rings. The van der Waals surface area contributed by atoms with E-state index < -0.39 is 29.8 Å². The Morgan fingerprint density at radius 2 is 1.79 bits per heavy atom. The molecule has 1 unspecified atom stereocenters. The Balaban J connectivity index is 1.24. The molecule has 0 spiro atoms. The predicted molar refractivity (Wildman–Crippen MR) is 185 cm³/mol. The van der Waals surface area contributed by atoms with E-state index >= 15 is 0 Å². The van der Waals surface area contributed by atoms with E-state index in [9.17, 15) is 14.0 Å². The van der Waals surface area contributed by atoms with Gasteiger partial charge in [0.2, 0.25) is 0 Å². The monoisotopic (exact) mass is 658 g/mol. The van der Waals surface area contributed by atoms with Crippen molar-refractivity contribution < 1.29 is 27.9 Å². The van der Waals surface area contributed by atoms with Crippen LogP contribution in [0.5, 0.6) is 0 Å². The number of alkyl halides is 1. The summed E-state index contributed by atoms with van der Waals surface area (Å²) >= 11 is 0. The highest BCUT2D eigenvalue weighted by Gasteiger charge is 2.47. The Bertz CT molecular complexity index is 1840. The van der Waals surface area contributed by atoms with E-state index in [1.807, 2.05) is 26.8 Å². The maximum Gasteiger partial charge on any atom is 0.404 e. The second-order valence-corrected chi connectivity index (χ2v) is 15.1. The second kappa shape index (κ2) is 12.4. The molecule has 3 fully saturated rings. The highest BCUT2D eigenvalue weighted by Crippen LogP contribution is 2.41. The van der Waals surface area contributed by atoms with Gasteiger partial charge in [0.05, 0.1) is 29.9 Å². The Kier molecular flexibility index (Phi) is 8.42. The van der Waals surface area contributed by atoms with Gasteiger partial charge in [0.15, 0.2) is 5.76 Å². The van der Waals surface area contributed by atoms with Crippen LogP contribution in [0.3, 0.4) is 0 Å². The number of furan rings is 1. The highest BCUT2D eigenvalue weighted by atomic mass is 19.1. The molecule has 2 amide bonds. The number of rotatable bonds is 7. The molecule has 7 rings (SSSR count). The van der Waals surface area contributed by atoms with Crippen molar-refractivity contribution >= 4 is 39.6 Å². The minimum Gasteiger partial charge on any atom is -0.454 e. The number of ether oxygens (including phenoxy) is 2. The zero-order valence-corrected chi connectivity index (χ0v) is 28.6. The summed E-state index contributed by atoms with van der Waals surface area (Å²) in [6.07, 6.45) is 1.67. The van der Waals surface area contributed by atoms with Crippen LogP contribution in [0.15, 0.2) is 46.9 Å². The van der Waals surface area contributed by atoms with Crippen molar-refractivity contribution in [3.63, 3.8) is 0 Å². The van der Waals surface area contributed by atoms with Gasteiger partial charge in [0.25, 0.3) is 5.91 Å². The third-order valence-electron chi connectivity index (χ3n) is 10.6. The van der Waals surface area contributed by atoms with Crippen LogP contribution in [-0.4, -0.2) is 72.6 Å². The first-order valence-electron chi connectivity index (χ1n) is 17.3. The van der Waals surface area contributed by atoms with E-state index in [0.717, 1.165) is 54.9 Å². The van der Waals surface area contributed by atoms with Crippen molar-refractivity contribution in [2.24, 2.45) is 17.1 Å². The number of carbonyl (C=O) groups excluding carboxylic acids is 2. The quantitative estimate of drug-likeness (QED) is 0.221. The molecule has 2 aromatic heterocycles. The Morgan fingerprint density at radius 3 is 2.46 bits per heavy atom. The van der Waals surface area contributed by atoms with Gasteiger partial charge < -0.3 is 34.0 Å². The number of nitrogens with two attached hydrogens (primary N) is 1. The Morgan fingerprint density at radius 1 is 1.04 bits per heavy atom. The minimum absolute atomic E-state index is 0.00288. The molecule has 10 heteroatoms. The summed E-state index contributed by atoms with van der Waals surface area (Å²) in [6.45, 7) is 10.7. The second-order valence-electron chi connectivity index (χ2n) is 15.1. The molecule has 1 aliphatic carbocycles. The third-order valence-corrected chi connectivity index (χ3v) is 10.6. The molecule has 48 heavy (non-hydrogen) atoms. The lowest BCUT2D eigenvalue weighted by atomic mass is 9.78. The number of hydrogen-bond acceptors (Lipinski definition) is 6. The number of likely N-dealkylation sites (tertiary alicyclic amines) is 1. The molecular formula is C38H47FN4O5. The lowest BCUT2D eigenvalue weighted by Gasteiger charge is -2.47. The molecule has 0 bridgehead atoms. The number of benzene rings is 2. The number of halogens is 1. The average Bonchev–Trinajstić information content (AvgIpc) is 3.72. The fourth-order valence-corrected chi connectivity index (χ4v) is 7.98. The zero-order chi connectivity index (χ0) is 33.9. The van der Waals surface area contributed by atoms with Crippen molar-refractivity contribution in [3.05, 3.63) is 53.6 Å². The van der Waals surface area contributed by atoms with Gasteiger partial charge >= 0.3 is 6.09 Å². The van der Waals surface area contributed by atoms with Gasteiger partial charge in [-0.1, -0.05) is 32.9 Å². The minimum atomic E-state index is -1.34. The van der Waals surface area contributed by atoms with Crippen molar-refractivity contribution in [1.82, 2.24) is 9.47 Å². The smallest absolute Gasteiger partial charge is 0.404 e. The van der Waals surface area contributed by atoms with Crippen molar-refractivity contribution in [1.29, 1.82) is 0 Å². The molecule has 256 valence electrons. The largest absolute Gasteiger partial charge is 0.454 e. The highest BCUT2D eigenvalue weighted by molar-refractivity contribution is 6.00. The molecule has 2 aliphatic heterocycles. The summed E-state index contributed by atoms with van der Waals surface area (Å²) in [6, 6.07) is 13.9. The number of anilines is 1. The van der Waals surface area contributed by atoms with E-state index in [1.165, 1.54) is 34.3 Å². The third kappa shape index (κ3) is 6.15. The van der Waals surface area contributed by atoms with E-state index in [0.29, 0.717) is 23.2 Å². The maximum absolute atomic E-state index is 15.0.